The summed E-state index contributed by atoms with van der Waals surface area (Å²) in [6, 6.07) is 0. The SMILES string of the molecule is CC(C)CC(=O)/C(N)=N/O. The van der Waals surface area contributed by atoms with E-state index in [-0.39, 0.29) is 17.5 Å². The van der Waals surface area contributed by atoms with Crippen LogP contribution in [-0.2, 0) is 4.79 Å². The minimum absolute atomic E-state index is 0.243. The molecule has 0 unspecified atom stereocenters. The average molecular weight is 144 g/mol. The Hall–Kier alpha value is -1.06. The van der Waals surface area contributed by atoms with E-state index in [0.29, 0.717) is 6.42 Å². The molecule has 0 aliphatic carbocycles. The standard InChI is InChI=1S/C6H12N2O2/c1-4(2)3-5(9)6(7)8-10/h4,10H,3H2,1-2H3,(H2,7,8). The quantitative estimate of drug-likeness (QED) is 0.260. The zero-order chi connectivity index (χ0) is 8.15. The van der Waals surface area contributed by atoms with Gasteiger partial charge in [0.05, 0.1) is 0 Å². The molecule has 0 aromatic carbocycles. The Kier molecular flexibility index (Phi) is 3.46. The van der Waals surface area contributed by atoms with Crippen molar-refractivity contribution in [2.24, 2.45) is 16.8 Å². The van der Waals surface area contributed by atoms with E-state index in [9.17, 15) is 4.79 Å². The smallest absolute Gasteiger partial charge is 0.206 e. The van der Waals surface area contributed by atoms with Crippen molar-refractivity contribution in [3.63, 3.8) is 0 Å². The number of carbonyl (C=O) groups is 1. The number of nitrogens with zero attached hydrogens (tertiary/aromatic N) is 1. The summed E-state index contributed by atoms with van der Waals surface area (Å²) in [7, 11) is 0. The molecule has 0 fully saturated rings. The average Bonchev–Trinajstić information content (AvgIpc) is 1.85. The van der Waals surface area contributed by atoms with Gasteiger partial charge in [-0.1, -0.05) is 19.0 Å². The van der Waals surface area contributed by atoms with Crippen LogP contribution in [0.15, 0.2) is 5.16 Å². The van der Waals surface area contributed by atoms with Crippen molar-refractivity contribution in [3.05, 3.63) is 0 Å². The topological polar surface area (TPSA) is 75.7 Å². The van der Waals surface area contributed by atoms with Crippen molar-refractivity contribution in [2.75, 3.05) is 0 Å². The van der Waals surface area contributed by atoms with Crippen molar-refractivity contribution in [2.45, 2.75) is 20.3 Å². The number of hydrogen-bond acceptors (Lipinski definition) is 3. The predicted molar refractivity (Wildman–Crippen MR) is 37.9 cm³/mol. The van der Waals surface area contributed by atoms with E-state index >= 15 is 0 Å². The molecular formula is C6H12N2O2. The monoisotopic (exact) mass is 144 g/mol. The van der Waals surface area contributed by atoms with Crippen molar-refractivity contribution >= 4 is 11.6 Å². The lowest BCUT2D eigenvalue weighted by Crippen LogP contribution is -2.24. The van der Waals surface area contributed by atoms with E-state index in [1.807, 2.05) is 13.8 Å². The fraction of sp³-hybridized carbons (Fsp3) is 0.667. The molecule has 58 valence electrons. The molecule has 4 heteroatoms. The molecule has 0 saturated carbocycles. The molecule has 0 aromatic rings. The van der Waals surface area contributed by atoms with Crippen molar-refractivity contribution in [3.8, 4) is 0 Å². The molecule has 0 atom stereocenters. The Morgan fingerprint density at radius 2 is 2.20 bits per heavy atom. The van der Waals surface area contributed by atoms with Gasteiger partial charge in [-0.15, -0.1) is 0 Å². The summed E-state index contributed by atoms with van der Waals surface area (Å²) in [5.74, 6) is -0.376. The fourth-order valence-electron chi connectivity index (χ4n) is 0.531. The lowest BCUT2D eigenvalue weighted by molar-refractivity contribution is -0.113. The van der Waals surface area contributed by atoms with Crippen LogP contribution in [-0.4, -0.2) is 16.8 Å². The summed E-state index contributed by atoms with van der Waals surface area (Å²) in [5.41, 5.74) is 5.02. The van der Waals surface area contributed by atoms with Gasteiger partial charge in [0.2, 0.25) is 11.6 Å². The number of hydrogen-bond donors (Lipinski definition) is 2. The molecule has 0 rings (SSSR count). The molecule has 0 aliphatic rings. The Morgan fingerprint density at radius 3 is 2.50 bits per heavy atom. The summed E-state index contributed by atoms with van der Waals surface area (Å²) in [6.45, 7) is 3.78. The minimum atomic E-state index is -0.311. The van der Waals surface area contributed by atoms with Crippen LogP contribution < -0.4 is 5.73 Å². The summed E-state index contributed by atoms with van der Waals surface area (Å²) in [5, 5.41) is 10.6. The Morgan fingerprint density at radius 1 is 1.70 bits per heavy atom. The van der Waals surface area contributed by atoms with Crippen LogP contribution in [0, 0.1) is 5.92 Å². The van der Waals surface area contributed by atoms with Crippen LogP contribution in [0.5, 0.6) is 0 Å². The van der Waals surface area contributed by atoms with Crippen LogP contribution in [0.3, 0.4) is 0 Å². The molecule has 0 bridgehead atoms. The molecule has 0 aliphatic heterocycles. The molecule has 10 heavy (non-hydrogen) atoms. The predicted octanol–water partition coefficient (Wildman–Crippen LogP) is 0.348. The maximum absolute atomic E-state index is 10.8. The van der Waals surface area contributed by atoms with E-state index in [2.05, 4.69) is 5.16 Å². The highest BCUT2D eigenvalue weighted by Gasteiger charge is 2.08. The first kappa shape index (κ1) is 8.94. The number of carbonyl (C=O) groups excluding carboxylic acids is 1. The normalized spacial score (nSPS) is 12.1. The maximum Gasteiger partial charge on any atom is 0.206 e. The van der Waals surface area contributed by atoms with Gasteiger partial charge in [0.1, 0.15) is 0 Å². The number of Topliss-reactive ketones (excluding diaryl/α,β-unsaturated/α-hetero) is 1. The van der Waals surface area contributed by atoms with Gasteiger partial charge in [-0.2, -0.15) is 0 Å². The molecule has 0 amide bonds. The van der Waals surface area contributed by atoms with E-state index < -0.39 is 0 Å². The second kappa shape index (κ2) is 3.87. The minimum Gasteiger partial charge on any atom is -0.409 e. The molecule has 0 heterocycles. The van der Waals surface area contributed by atoms with Gasteiger partial charge in [-0.05, 0) is 5.92 Å². The Balaban J connectivity index is 3.86. The van der Waals surface area contributed by atoms with Crippen LogP contribution in [0.4, 0.5) is 0 Å². The van der Waals surface area contributed by atoms with E-state index in [0.717, 1.165) is 0 Å². The lowest BCUT2D eigenvalue weighted by atomic mass is 10.1. The van der Waals surface area contributed by atoms with E-state index in [1.165, 1.54) is 0 Å². The summed E-state index contributed by atoms with van der Waals surface area (Å²) >= 11 is 0. The number of amidine groups is 1. The highest BCUT2D eigenvalue weighted by Crippen LogP contribution is 1.99. The van der Waals surface area contributed by atoms with Crippen molar-refractivity contribution < 1.29 is 10.0 Å². The van der Waals surface area contributed by atoms with Gasteiger partial charge >= 0.3 is 0 Å². The van der Waals surface area contributed by atoms with Gasteiger partial charge in [-0.25, -0.2) is 0 Å². The van der Waals surface area contributed by atoms with Gasteiger partial charge in [0.25, 0.3) is 0 Å². The van der Waals surface area contributed by atoms with Crippen molar-refractivity contribution in [1.82, 2.24) is 0 Å². The van der Waals surface area contributed by atoms with Gasteiger partial charge in [-0.3, -0.25) is 4.79 Å². The van der Waals surface area contributed by atoms with E-state index in [1.54, 1.807) is 0 Å². The maximum atomic E-state index is 10.8. The van der Waals surface area contributed by atoms with Gasteiger partial charge in [0, 0.05) is 6.42 Å². The van der Waals surface area contributed by atoms with Crippen LogP contribution in [0.1, 0.15) is 20.3 Å². The molecule has 0 aromatic heterocycles. The Bertz CT molecular complexity index is 152. The third kappa shape index (κ3) is 3.06. The van der Waals surface area contributed by atoms with E-state index in [4.69, 9.17) is 10.9 Å². The molecule has 4 nitrogen and oxygen atoms in total. The molecule has 3 N–H and O–H groups in total. The van der Waals surface area contributed by atoms with Gasteiger partial charge in [0.15, 0.2) is 0 Å². The molecule has 0 saturated heterocycles. The van der Waals surface area contributed by atoms with Crippen LogP contribution in [0.2, 0.25) is 0 Å². The fourth-order valence-corrected chi connectivity index (χ4v) is 0.531. The highest BCUT2D eigenvalue weighted by atomic mass is 16.4. The number of oxime groups is 1. The van der Waals surface area contributed by atoms with Crippen molar-refractivity contribution in [1.29, 1.82) is 0 Å². The molecular weight excluding hydrogens is 132 g/mol. The zero-order valence-electron chi connectivity index (χ0n) is 6.16. The third-order valence-electron chi connectivity index (χ3n) is 0.987. The second-order valence-corrected chi connectivity index (χ2v) is 2.51. The van der Waals surface area contributed by atoms with Gasteiger partial charge < -0.3 is 10.9 Å². The molecule has 0 spiro atoms. The summed E-state index contributed by atoms with van der Waals surface area (Å²) < 4.78 is 0. The third-order valence-corrected chi connectivity index (χ3v) is 0.987. The summed E-state index contributed by atoms with van der Waals surface area (Å²) in [6.07, 6.45) is 0.329. The second-order valence-electron chi connectivity index (χ2n) is 2.51. The number of ketones is 1. The zero-order valence-corrected chi connectivity index (χ0v) is 6.16. The first-order valence-electron chi connectivity index (χ1n) is 3.08. The first-order chi connectivity index (χ1) is 4.57. The first-order valence-corrected chi connectivity index (χ1v) is 3.08. The number of rotatable bonds is 3. The summed E-state index contributed by atoms with van der Waals surface area (Å²) in [4.78, 5) is 10.8. The van der Waals surface area contributed by atoms with Crippen LogP contribution in [0.25, 0.3) is 0 Å². The largest absolute Gasteiger partial charge is 0.409 e. The van der Waals surface area contributed by atoms with Crippen LogP contribution >= 0.6 is 0 Å². The molecule has 0 radical (unpaired) electrons. The Labute approximate surface area is 59.7 Å². The lowest BCUT2D eigenvalue weighted by Gasteiger charge is -2.00. The number of nitrogens with two attached hydrogens (primary N) is 1. The highest BCUT2D eigenvalue weighted by molar-refractivity contribution is 6.38.